The van der Waals surface area contributed by atoms with Crippen LogP contribution >= 0.6 is 23.2 Å². The maximum Gasteiger partial charge on any atom is 0.0925 e. The first-order valence-corrected chi connectivity index (χ1v) is 19.2. The molecule has 0 radical (unpaired) electrons. The maximum atomic E-state index is 7.41. The predicted molar refractivity (Wildman–Crippen MR) is 153 cm³/mol. The van der Waals surface area contributed by atoms with Gasteiger partial charge in [-0.15, -0.1) is 23.2 Å². The SMILES string of the molecule is CC(C)(C)[Si](C)(C)C(OC(c1ccc(CCl)cc1)[Si](C)(C)C(C)(C)C)c1ccc(CCl)cc1. The third-order valence-corrected chi connectivity index (χ3v) is 20.2. The van der Waals surface area contributed by atoms with E-state index in [0.717, 1.165) is 11.1 Å². The highest BCUT2D eigenvalue weighted by Gasteiger charge is 2.49. The Morgan fingerprint density at radius 1 is 0.606 bits per heavy atom. The average molecular weight is 524 g/mol. The first-order valence-electron chi connectivity index (χ1n) is 12.0. The smallest absolute Gasteiger partial charge is 0.0925 e. The van der Waals surface area contributed by atoms with Crippen LogP contribution in [0.3, 0.4) is 0 Å². The van der Waals surface area contributed by atoms with Gasteiger partial charge in [-0.25, -0.2) is 0 Å². The van der Waals surface area contributed by atoms with Gasteiger partial charge >= 0.3 is 0 Å². The highest BCUT2D eigenvalue weighted by molar-refractivity contribution is 6.82. The Hall–Kier alpha value is -0.586. The van der Waals surface area contributed by atoms with Crippen LogP contribution in [0.15, 0.2) is 48.5 Å². The van der Waals surface area contributed by atoms with E-state index in [1.807, 2.05) is 0 Å². The lowest BCUT2D eigenvalue weighted by atomic mass is 10.1. The maximum absolute atomic E-state index is 7.41. The third kappa shape index (κ3) is 6.35. The monoisotopic (exact) mass is 522 g/mol. The molecule has 0 N–H and O–H groups in total. The predicted octanol–water partition coefficient (Wildman–Crippen LogP) is 10.1. The summed E-state index contributed by atoms with van der Waals surface area (Å²) in [7, 11) is -3.82. The van der Waals surface area contributed by atoms with Gasteiger partial charge in [0.2, 0.25) is 0 Å². The largest absolute Gasteiger partial charge is 0.373 e. The fourth-order valence-electron chi connectivity index (χ4n) is 3.82. The molecule has 184 valence electrons. The van der Waals surface area contributed by atoms with E-state index < -0.39 is 16.1 Å². The van der Waals surface area contributed by atoms with Gasteiger partial charge < -0.3 is 4.74 Å². The quantitative estimate of drug-likeness (QED) is 0.247. The molecule has 2 aromatic rings. The fourth-order valence-corrected chi connectivity index (χ4v) is 8.89. The Bertz CT molecular complexity index is 816. The van der Waals surface area contributed by atoms with Crippen molar-refractivity contribution in [2.24, 2.45) is 0 Å². The van der Waals surface area contributed by atoms with Crippen LogP contribution in [0.5, 0.6) is 0 Å². The topological polar surface area (TPSA) is 9.23 Å². The highest BCUT2D eigenvalue weighted by atomic mass is 35.5. The van der Waals surface area contributed by atoms with Crippen molar-refractivity contribution in [2.45, 2.75) is 101 Å². The van der Waals surface area contributed by atoms with Crippen molar-refractivity contribution in [3.05, 3.63) is 70.8 Å². The summed E-state index contributed by atoms with van der Waals surface area (Å²) in [5.41, 5.74) is 4.99. The first-order chi connectivity index (χ1) is 15.1. The van der Waals surface area contributed by atoms with Crippen LogP contribution in [0.1, 0.15) is 75.3 Å². The van der Waals surface area contributed by atoms with Gasteiger partial charge in [0.1, 0.15) is 0 Å². The summed E-state index contributed by atoms with van der Waals surface area (Å²) >= 11 is 12.2. The van der Waals surface area contributed by atoms with Gasteiger partial charge in [0, 0.05) is 11.8 Å². The van der Waals surface area contributed by atoms with E-state index in [0.29, 0.717) is 11.8 Å². The molecule has 0 spiro atoms. The van der Waals surface area contributed by atoms with Crippen LogP contribution in [-0.4, -0.2) is 16.1 Å². The molecule has 0 heterocycles. The van der Waals surface area contributed by atoms with E-state index in [1.165, 1.54) is 11.1 Å². The molecule has 2 aromatic carbocycles. The molecule has 0 aromatic heterocycles. The Morgan fingerprint density at radius 2 is 0.879 bits per heavy atom. The molecule has 0 amide bonds. The van der Waals surface area contributed by atoms with Gasteiger partial charge in [0.05, 0.1) is 27.6 Å². The van der Waals surface area contributed by atoms with Crippen LogP contribution in [-0.2, 0) is 16.5 Å². The molecule has 33 heavy (non-hydrogen) atoms. The second-order valence-corrected chi connectivity index (χ2v) is 24.1. The van der Waals surface area contributed by atoms with Crippen molar-refractivity contribution in [1.82, 2.24) is 0 Å². The first kappa shape index (κ1) is 28.6. The van der Waals surface area contributed by atoms with Crippen molar-refractivity contribution in [1.29, 1.82) is 0 Å². The number of hydrogen-bond acceptors (Lipinski definition) is 1. The molecule has 0 aliphatic rings. The normalized spacial score (nSPS) is 15.4. The zero-order valence-electron chi connectivity index (χ0n) is 22.4. The van der Waals surface area contributed by atoms with Gasteiger partial charge in [0.15, 0.2) is 0 Å². The second kappa shape index (κ2) is 10.6. The van der Waals surface area contributed by atoms with Gasteiger partial charge in [0.25, 0.3) is 0 Å². The number of hydrogen-bond donors (Lipinski definition) is 0. The minimum atomic E-state index is -1.91. The fraction of sp³-hybridized carbons (Fsp3) is 0.571. The lowest BCUT2D eigenvalue weighted by molar-refractivity contribution is 0.0614. The molecule has 0 bridgehead atoms. The average Bonchev–Trinajstić information content (AvgIpc) is 2.73. The molecule has 0 fully saturated rings. The van der Waals surface area contributed by atoms with Crippen LogP contribution in [0.2, 0.25) is 36.3 Å². The summed E-state index contributed by atoms with van der Waals surface area (Å²) in [4.78, 5) is 0. The van der Waals surface area contributed by atoms with Crippen LogP contribution in [0.4, 0.5) is 0 Å². The summed E-state index contributed by atoms with van der Waals surface area (Å²) in [6.45, 7) is 24.2. The number of rotatable bonds is 8. The Morgan fingerprint density at radius 3 is 1.09 bits per heavy atom. The number of halogens is 2. The zero-order chi connectivity index (χ0) is 25.2. The van der Waals surface area contributed by atoms with E-state index in [9.17, 15) is 0 Å². The zero-order valence-corrected chi connectivity index (χ0v) is 25.9. The van der Waals surface area contributed by atoms with Gasteiger partial charge in [-0.1, -0.05) is 116 Å². The Balaban J connectivity index is 2.66. The Kier molecular flexibility index (Phi) is 9.18. The summed E-state index contributed by atoms with van der Waals surface area (Å²) in [6, 6.07) is 17.6. The summed E-state index contributed by atoms with van der Waals surface area (Å²) in [5.74, 6) is 1.07. The lowest BCUT2D eigenvalue weighted by Gasteiger charge is -2.49. The van der Waals surface area contributed by atoms with E-state index in [4.69, 9.17) is 27.9 Å². The third-order valence-electron chi connectivity index (χ3n) is 8.32. The molecule has 1 nitrogen and oxygen atoms in total. The molecule has 5 heteroatoms. The van der Waals surface area contributed by atoms with Crippen molar-refractivity contribution in [3.63, 3.8) is 0 Å². The highest BCUT2D eigenvalue weighted by Crippen LogP contribution is 2.51. The molecule has 0 saturated heterocycles. The van der Waals surface area contributed by atoms with E-state index in [2.05, 4.69) is 116 Å². The van der Waals surface area contributed by atoms with Gasteiger partial charge in [-0.2, -0.15) is 0 Å². The van der Waals surface area contributed by atoms with Gasteiger partial charge in [-0.05, 0) is 32.3 Å². The van der Waals surface area contributed by atoms with Crippen molar-refractivity contribution < 1.29 is 4.74 Å². The van der Waals surface area contributed by atoms with Crippen LogP contribution < -0.4 is 0 Å². The van der Waals surface area contributed by atoms with Crippen molar-refractivity contribution in [2.75, 3.05) is 0 Å². The summed E-state index contributed by atoms with van der Waals surface area (Å²) < 4.78 is 7.41. The minimum Gasteiger partial charge on any atom is -0.373 e. The standard InChI is InChI=1S/C28H44Cl2OSi2/c1-27(2,3)32(7,8)25(23-15-11-21(19-29)12-16-23)31-26(33(9,10)28(4,5)6)24-17-13-22(20-30)14-18-24/h11-18,25-26H,19-20H2,1-10H3. The van der Waals surface area contributed by atoms with E-state index in [1.54, 1.807) is 0 Å². The van der Waals surface area contributed by atoms with E-state index in [-0.39, 0.29) is 21.5 Å². The molecule has 0 aliphatic carbocycles. The molecule has 0 saturated carbocycles. The van der Waals surface area contributed by atoms with Crippen LogP contribution in [0.25, 0.3) is 0 Å². The van der Waals surface area contributed by atoms with Crippen molar-refractivity contribution in [3.8, 4) is 0 Å². The van der Waals surface area contributed by atoms with Crippen molar-refractivity contribution >= 4 is 39.3 Å². The summed E-state index contributed by atoms with van der Waals surface area (Å²) in [6.07, 6.45) is 0. The minimum absolute atomic E-state index is 0.0775. The molecule has 0 aliphatic heterocycles. The number of alkyl halides is 2. The Labute approximate surface area is 215 Å². The molecule has 2 atom stereocenters. The number of benzene rings is 2. The molecular weight excluding hydrogens is 479 g/mol. The molecular formula is C28H44Cl2OSi2. The lowest BCUT2D eigenvalue weighted by Crippen LogP contribution is -2.50. The van der Waals surface area contributed by atoms with Gasteiger partial charge in [-0.3, -0.25) is 0 Å². The molecule has 2 rings (SSSR count). The van der Waals surface area contributed by atoms with E-state index >= 15 is 0 Å². The second-order valence-electron chi connectivity index (χ2n) is 12.6. The number of ether oxygens (including phenoxy) is 1. The summed E-state index contributed by atoms with van der Waals surface area (Å²) in [5, 5.41) is 0.368. The molecule has 2 unspecified atom stereocenters. The van der Waals surface area contributed by atoms with Crippen LogP contribution in [0, 0.1) is 0 Å².